The summed E-state index contributed by atoms with van der Waals surface area (Å²) < 4.78 is 2.99. The first-order valence-corrected chi connectivity index (χ1v) is 15.3. The van der Waals surface area contributed by atoms with Gasteiger partial charge in [0.2, 0.25) is 0 Å². The van der Waals surface area contributed by atoms with Crippen LogP contribution in [0.2, 0.25) is 0 Å². The van der Waals surface area contributed by atoms with Crippen molar-refractivity contribution in [3.63, 3.8) is 0 Å². The topological polar surface area (TPSA) is 95.9 Å². The van der Waals surface area contributed by atoms with Crippen molar-refractivity contribution >= 4 is 35.3 Å². The highest BCUT2D eigenvalue weighted by atomic mass is 32.2. The largest absolute Gasteiger partial charge is 0.350 e. The minimum Gasteiger partial charge on any atom is -0.350 e. The molecule has 1 saturated heterocycles. The third-order valence-electron chi connectivity index (χ3n) is 7.45. The molecular formula is C32H45N7OS. The number of anilines is 3. The van der Waals surface area contributed by atoms with Crippen LogP contribution >= 0.6 is 11.9 Å². The van der Waals surface area contributed by atoms with Crippen LogP contribution in [0.3, 0.4) is 0 Å². The van der Waals surface area contributed by atoms with Crippen molar-refractivity contribution in [3.05, 3.63) is 59.7 Å². The van der Waals surface area contributed by atoms with Crippen LogP contribution in [0, 0.1) is 5.92 Å². The Balaban J connectivity index is 1.54. The molecule has 41 heavy (non-hydrogen) atoms. The van der Waals surface area contributed by atoms with E-state index in [0.29, 0.717) is 28.1 Å². The molecule has 8 nitrogen and oxygen atoms in total. The summed E-state index contributed by atoms with van der Waals surface area (Å²) in [6.07, 6.45) is 6.87. The van der Waals surface area contributed by atoms with E-state index in [4.69, 9.17) is 4.98 Å². The second-order valence-corrected chi connectivity index (χ2v) is 14.5. The Kier molecular flexibility index (Phi) is 8.97. The molecule has 9 heteroatoms. The molecule has 0 aromatic carbocycles. The second-order valence-electron chi connectivity index (χ2n) is 13.7. The van der Waals surface area contributed by atoms with E-state index < -0.39 is 0 Å². The molecule has 1 unspecified atom stereocenters. The fourth-order valence-electron chi connectivity index (χ4n) is 5.25. The van der Waals surface area contributed by atoms with E-state index in [1.807, 2.05) is 30.3 Å². The molecule has 0 radical (unpaired) electrons. The summed E-state index contributed by atoms with van der Waals surface area (Å²) in [6.45, 7) is 20.4. The average Bonchev–Trinajstić information content (AvgIpc) is 3.20. The quantitative estimate of drug-likeness (QED) is 0.267. The van der Waals surface area contributed by atoms with Crippen LogP contribution in [-0.4, -0.2) is 37.9 Å². The maximum Gasteiger partial charge on any atom is 0.266 e. The van der Waals surface area contributed by atoms with E-state index in [2.05, 4.69) is 92.2 Å². The molecule has 0 bridgehead atoms. The Bertz CT molecular complexity index is 1380. The highest BCUT2D eigenvalue weighted by molar-refractivity contribution is 7.97. The maximum absolute atomic E-state index is 13.6. The van der Waals surface area contributed by atoms with Crippen molar-refractivity contribution in [3.8, 4) is 0 Å². The fourth-order valence-corrected chi connectivity index (χ4v) is 5.85. The van der Waals surface area contributed by atoms with Gasteiger partial charge in [0.25, 0.3) is 5.91 Å². The molecule has 2 N–H and O–H groups in total. The summed E-state index contributed by atoms with van der Waals surface area (Å²) in [4.78, 5) is 34.6. The van der Waals surface area contributed by atoms with Crippen LogP contribution in [0.4, 0.5) is 17.5 Å². The number of aromatic nitrogens is 4. The van der Waals surface area contributed by atoms with Crippen molar-refractivity contribution in [2.45, 2.75) is 103 Å². The molecule has 1 fully saturated rings. The number of pyridine rings is 2. The molecule has 220 valence electrons. The first-order chi connectivity index (χ1) is 19.2. The summed E-state index contributed by atoms with van der Waals surface area (Å²) in [5.74, 6) is 3.16. The summed E-state index contributed by atoms with van der Waals surface area (Å²) in [5.41, 5.74) is 1.34. The number of carbonyl (C=O) groups excluding carboxylic acids is 1. The number of hydrogen-bond donors (Lipinski definition) is 2. The number of nitrogens with one attached hydrogen (secondary N) is 2. The third-order valence-corrected chi connectivity index (χ3v) is 8.17. The standard InChI is InChI=1S/C32H45N7OS/c1-10-12-21-18-32(8,9)39(20-21)27-23(19-34-29(37-27)31(5,6)7)28(40)38-41-26-14-11-13-24(36-26)35-25-17-22(15-16-33-25)30(2,3)4/h11,13-17,19,21H,10,12,18,20H2,1-9H3,(H,38,40)(H,33,35,36). The van der Waals surface area contributed by atoms with Crippen LogP contribution in [0.25, 0.3) is 0 Å². The van der Waals surface area contributed by atoms with Gasteiger partial charge in [-0.1, -0.05) is 61.0 Å². The monoisotopic (exact) mass is 575 g/mol. The van der Waals surface area contributed by atoms with E-state index in [-0.39, 0.29) is 22.3 Å². The number of rotatable bonds is 8. The third kappa shape index (κ3) is 7.56. The van der Waals surface area contributed by atoms with Gasteiger partial charge in [-0.3, -0.25) is 9.52 Å². The molecule has 4 rings (SSSR count). The van der Waals surface area contributed by atoms with Crippen molar-refractivity contribution in [2.24, 2.45) is 5.92 Å². The Morgan fingerprint density at radius 2 is 1.80 bits per heavy atom. The lowest BCUT2D eigenvalue weighted by Gasteiger charge is -2.34. The molecule has 0 aliphatic carbocycles. The molecule has 3 aromatic rings. The first kappa shape index (κ1) is 30.8. The summed E-state index contributed by atoms with van der Waals surface area (Å²) in [7, 11) is 0. The molecular weight excluding hydrogens is 530 g/mol. The zero-order chi connectivity index (χ0) is 30.0. The molecule has 1 aliphatic rings. The lowest BCUT2D eigenvalue weighted by atomic mass is 9.88. The van der Waals surface area contributed by atoms with Crippen molar-refractivity contribution in [1.82, 2.24) is 24.7 Å². The smallest absolute Gasteiger partial charge is 0.266 e. The minimum atomic E-state index is -0.236. The molecule has 0 spiro atoms. The van der Waals surface area contributed by atoms with E-state index in [9.17, 15) is 4.79 Å². The molecule has 1 amide bonds. The van der Waals surface area contributed by atoms with Crippen molar-refractivity contribution < 1.29 is 4.79 Å². The Morgan fingerprint density at radius 1 is 1.05 bits per heavy atom. The van der Waals surface area contributed by atoms with Gasteiger partial charge in [0.1, 0.15) is 33.9 Å². The summed E-state index contributed by atoms with van der Waals surface area (Å²) >= 11 is 1.18. The van der Waals surface area contributed by atoms with Gasteiger partial charge in [-0.05, 0) is 67.9 Å². The van der Waals surface area contributed by atoms with Gasteiger partial charge in [-0.25, -0.2) is 19.9 Å². The number of amides is 1. The predicted octanol–water partition coefficient (Wildman–Crippen LogP) is 7.45. The first-order valence-electron chi connectivity index (χ1n) is 14.5. The Hall–Kier alpha value is -3.20. The van der Waals surface area contributed by atoms with E-state index in [1.54, 1.807) is 12.4 Å². The van der Waals surface area contributed by atoms with Crippen LogP contribution in [-0.2, 0) is 10.8 Å². The summed E-state index contributed by atoms with van der Waals surface area (Å²) in [5, 5.41) is 3.95. The predicted molar refractivity (Wildman–Crippen MR) is 169 cm³/mol. The number of nitrogens with zero attached hydrogens (tertiary/aromatic N) is 5. The average molecular weight is 576 g/mol. The lowest BCUT2D eigenvalue weighted by molar-refractivity contribution is 0.0984. The van der Waals surface area contributed by atoms with E-state index in [1.165, 1.54) is 23.9 Å². The molecule has 4 heterocycles. The van der Waals surface area contributed by atoms with Crippen molar-refractivity contribution in [2.75, 3.05) is 16.8 Å². The zero-order valence-electron chi connectivity index (χ0n) is 26.0. The molecule has 3 aromatic heterocycles. The number of carbonyl (C=O) groups is 1. The molecule has 1 aliphatic heterocycles. The summed E-state index contributed by atoms with van der Waals surface area (Å²) in [6, 6.07) is 9.73. The van der Waals surface area contributed by atoms with Gasteiger partial charge < -0.3 is 10.2 Å². The van der Waals surface area contributed by atoms with Gasteiger partial charge in [0, 0.05) is 41.8 Å². The van der Waals surface area contributed by atoms with Crippen molar-refractivity contribution in [1.29, 1.82) is 0 Å². The Labute approximate surface area is 249 Å². The SMILES string of the molecule is CCCC1CN(c2nc(C(C)(C)C)ncc2C(=O)NSc2cccc(Nc3cc(C(C)(C)C)ccn3)n2)C(C)(C)C1. The lowest BCUT2D eigenvalue weighted by Crippen LogP contribution is -2.40. The van der Waals surface area contributed by atoms with Gasteiger partial charge in [0.05, 0.1) is 0 Å². The second kappa shape index (κ2) is 12.0. The zero-order valence-corrected chi connectivity index (χ0v) is 26.8. The normalized spacial score (nSPS) is 17.0. The molecule has 1 atom stereocenters. The molecule has 0 saturated carbocycles. The van der Waals surface area contributed by atoms with Gasteiger partial charge in [-0.2, -0.15) is 0 Å². The van der Waals surface area contributed by atoms with E-state index >= 15 is 0 Å². The van der Waals surface area contributed by atoms with E-state index in [0.717, 1.165) is 31.0 Å². The van der Waals surface area contributed by atoms with Crippen LogP contribution in [0.1, 0.15) is 103 Å². The maximum atomic E-state index is 13.6. The van der Waals surface area contributed by atoms with Gasteiger partial charge >= 0.3 is 0 Å². The highest BCUT2D eigenvalue weighted by Gasteiger charge is 2.40. The number of hydrogen-bond acceptors (Lipinski definition) is 8. The Morgan fingerprint density at radius 3 is 2.49 bits per heavy atom. The van der Waals surface area contributed by atoms with Gasteiger partial charge in [0.15, 0.2) is 0 Å². The van der Waals surface area contributed by atoms with Crippen LogP contribution < -0.4 is 14.9 Å². The van der Waals surface area contributed by atoms with Crippen LogP contribution in [0.5, 0.6) is 0 Å². The highest BCUT2D eigenvalue weighted by Crippen LogP contribution is 2.39. The van der Waals surface area contributed by atoms with Gasteiger partial charge in [-0.15, -0.1) is 0 Å². The fraction of sp³-hybridized carbons (Fsp3) is 0.531. The minimum absolute atomic E-state index is 0.0175. The van der Waals surface area contributed by atoms with Crippen LogP contribution in [0.15, 0.2) is 47.8 Å².